The maximum Gasteiger partial charge on any atom is 0.191 e. The van der Waals surface area contributed by atoms with E-state index in [0.29, 0.717) is 6.54 Å². The monoisotopic (exact) mass is 279 g/mol. The largest absolute Gasteiger partial charge is 0.385 e. The van der Waals surface area contributed by atoms with Crippen LogP contribution in [-0.2, 0) is 9.47 Å². The zero-order valence-corrected chi connectivity index (χ0v) is 12.6. The summed E-state index contributed by atoms with van der Waals surface area (Å²) in [6.45, 7) is 2.25. The molecule has 0 heterocycles. The maximum absolute atomic E-state index is 5.51. The van der Waals surface area contributed by atoms with Gasteiger partial charge in [0.2, 0.25) is 0 Å². The van der Waals surface area contributed by atoms with Crippen LogP contribution in [-0.4, -0.2) is 46.9 Å². The first kappa shape index (κ1) is 16.5. The lowest BCUT2D eigenvalue weighted by atomic mass is 10.1. The van der Waals surface area contributed by atoms with Crippen molar-refractivity contribution < 1.29 is 9.47 Å². The van der Waals surface area contributed by atoms with Crippen molar-refractivity contribution in [3.05, 3.63) is 35.9 Å². The van der Waals surface area contributed by atoms with Crippen LogP contribution in [0.25, 0.3) is 0 Å². The Morgan fingerprint density at radius 3 is 2.55 bits per heavy atom. The van der Waals surface area contributed by atoms with Gasteiger partial charge in [-0.15, -0.1) is 0 Å². The number of rotatable bonds is 8. The average Bonchev–Trinajstić information content (AvgIpc) is 2.51. The van der Waals surface area contributed by atoms with Crippen molar-refractivity contribution in [1.29, 1.82) is 0 Å². The van der Waals surface area contributed by atoms with Gasteiger partial charge in [-0.1, -0.05) is 30.3 Å². The fraction of sp³-hybridized carbons (Fsp3) is 0.533. The topological polar surface area (TPSA) is 54.9 Å². The first-order valence-corrected chi connectivity index (χ1v) is 6.83. The predicted octanol–water partition coefficient (Wildman–Crippen LogP) is 1.58. The second-order valence-electron chi connectivity index (χ2n) is 4.36. The van der Waals surface area contributed by atoms with Gasteiger partial charge >= 0.3 is 0 Å². The summed E-state index contributed by atoms with van der Waals surface area (Å²) in [7, 11) is 5.18. The van der Waals surface area contributed by atoms with Crippen LogP contribution >= 0.6 is 0 Å². The van der Waals surface area contributed by atoms with E-state index in [4.69, 9.17) is 9.47 Å². The molecule has 0 saturated heterocycles. The molecule has 0 aliphatic heterocycles. The first-order valence-electron chi connectivity index (χ1n) is 6.83. The molecule has 1 aromatic carbocycles. The molecule has 0 fully saturated rings. The lowest BCUT2D eigenvalue weighted by Crippen LogP contribution is -2.40. The molecule has 20 heavy (non-hydrogen) atoms. The summed E-state index contributed by atoms with van der Waals surface area (Å²) in [4.78, 5) is 4.18. The van der Waals surface area contributed by atoms with Crippen molar-refractivity contribution in [1.82, 2.24) is 10.6 Å². The Morgan fingerprint density at radius 2 is 1.95 bits per heavy atom. The molecule has 0 aliphatic carbocycles. The molecule has 5 heteroatoms. The highest BCUT2D eigenvalue weighted by atomic mass is 16.5. The zero-order valence-electron chi connectivity index (χ0n) is 12.6. The number of guanidine groups is 1. The van der Waals surface area contributed by atoms with E-state index in [9.17, 15) is 0 Å². The van der Waals surface area contributed by atoms with Gasteiger partial charge in [0.15, 0.2) is 5.96 Å². The van der Waals surface area contributed by atoms with E-state index in [1.807, 2.05) is 18.2 Å². The molecular formula is C15H25N3O2. The van der Waals surface area contributed by atoms with Crippen LogP contribution in [0.1, 0.15) is 18.1 Å². The van der Waals surface area contributed by atoms with Gasteiger partial charge in [0.25, 0.3) is 0 Å². The number of nitrogens with one attached hydrogen (secondary N) is 2. The van der Waals surface area contributed by atoms with Crippen molar-refractivity contribution in [2.75, 3.05) is 41.0 Å². The SMILES string of the molecule is CN=C(NCCCOC)NCC(OC)c1ccccc1. The fourth-order valence-electron chi connectivity index (χ4n) is 1.84. The van der Waals surface area contributed by atoms with Crippen molar-refractivity contribution in [2.24, 2.45) is 4.99 Å². The van der Waals surface area contributed by atoms with Gasteiger partial charge in [-0.3, -0.25) is 4.99 Å². The van der Waals surface area contributed by atoms with E-state index in [1.165, 1.54) is 0 Å². The van der Waals surface area contributed by atoms with Crippen LogP contribution in [0, 0.1) is 0 Å². The van der Waals surface area contributed by atoms with Crippen molar-refractivity contribution in [3.8, 4) is 0 Å². The van der Waals surface area contributed by atoms with Gasteiger partial charge in [-0.25, -0.2) is 0 Å². The Kier molecular flexibility index (Phi) is 8.42. The lowest BCUT2D eigenvalue weighted by molar-refractivity contribution is 0.106. The van der Waals surface area contributed by atoms with Gasteiger partial charge in [0.05, 0.1) is 6.10 Å². The minimum Gasteiger partial charge on any atom is -0.385 e. The number of methoxy groups -OCH3 is 2. The normalized spacial score (nSPS) is 13.1. The predicted molar refractivity (Wildman–Crippen MR) is 82.0 cm³/mol. The Bertz CT molecular complexity index is 382. The van der Waals surface area contributed by atoms with Crippen molar-refractivity contribution >= 4 is 5.96 Å². The van der Waals surface area contributed by atoms with Crippen LogP contribution in [0.3, 0.4) is 0 Å². The lowest BCUT2D eigenvalue weighted by Gasteiger charge is -2.18. The molecule has 0 aromatic heterocycles. The molecule has 1 unspecified atom stereocenters. The van der Waals surface area contributed by atoms with Crippen LogP contribution in [0.5, 0.6) is 0 Å². The molecular weight excluding hydrogens is 254 g/mol. The molecule has 0 bridgehead atoms. The summed E-state index contributed by atoms with van der Waals surface area (Å²) in [6, 6.07) is 10.1. The summed E-state index contributed by atoms with van der Waals surface area (Å²) in [5.74, 6) is 0.777. The summed E-state index contributed by atoms with van der Waals surface area (Å²) in [5, 5.41) is 6.51. The summed E-state index contributed by atoms with van der Waals surface area (Å²) < 4.78 is 10.5. The number of ether oxygens (including phenoxy) is 2. The highest BCUT2D eigenvalue weighted by molar-refractivity contribution is 5.79. The van der Waals surface area contributed by atoms with Gasteiger partial charge in [-0.2, -0.15) is 0 Å². The van der Waals surface area contributed by atoms with Crippen molar-refractivity contribution in [3.63, 3.8) is 0 Å². The fourth-order valence-corrected chi connectivity index (χ4v) is 1.84. The number of hydrogen-bond donors (Lipinski definition) is 2. The van der Waals surface area contributed by atoms with E-state index in [1.54, 1.807) is 21.3 Å². The van der Waals surface area contributed by atoms with E-state index in [0.717, 1.165) is 31.1 Å². The highest BCUT2D eigenvalue weighted by Crippen LogP contribution is 2.14. The molecule has 0 spiro atoms. The van der Waals surface area contributed by atoms with E-state index < -0.39 is 0 Å². The van der Waals surface area contributed by atoms with Crippen LogP contribution < -0.4 is 10.6 Å². The third kappa shape index (κ3) is 6.04. The second kappa shape index (κ2) is 10.2. The molecule has 0 amide bonds. The number of benzene rings is 1. The molecule has 1 aromatic rings. The first-order chi connectivity index (χ1) is 9.81. The van der Waals surface area contributed by atoms with Crippen LogP contribution in [0.2, 0.25) is 0 Å². The Hall–Kier alpha value is -1.59. The average molecular weight is 279 g/mol. The Morgan fingerprint density at radius 1 is 1.20 bits per heavy atom. The van der Waals surface area contributed by atoms with Crippen LogP contribution in [0.4, 0.5) is 0 Å². The Labute approximate surface area is 121 Å². The molecule has 1 atom stereocenters. The number of nitrogens with zero attached hydrogens (tertiary/aromatic N) is 1. The molecule has 0 aliphatic rings. The van der Waals surface area contributed by atoms with Crippen molar-refractivity contribution in [2.45, 2.75) is 12.5 Å². The second-order valence-corrected chi connectivity index (χ2v) is 4.36. The molecule has 5 nitrogen and oxygen atoms in total. The zero-order chi connectivity index (χ0) is 14.6. The molecule has 2 N–H and O–H groups in total. The van der Waals surface area contributed by atoms with Crippen LogP contribution in [0.15, 0.2) is 35.3 Å². The molecule has 1 rings (SSSR count). The molecule has 112 valence electrons. The quantitative estimate of drug-likeness (QED) is 0.431. The third-order valence-corrected chi connectivity index (χ3v) is 2.95. The number of hydrogen-bond acceptors (Lipinski definition) is 3. The minimum atomic E-state index is 0.00808. The smallest absolute Gasteiger partial charge is 0.191 e. The Balaban J connectivity index is 2.38. The summed E-state index contributed by atoms with van der Waals surface area (Å²) >= 11 is 0. The third-order valence-electron chi connectivity index (χ3n) is 2.95. The molecule has 0 saturated carbocycles. The molecule has 0 radical (unpaired) electrons. The van der Waals surface area contributed by atoms with E-state index >= 15 is 0 Å². The number of aliphatic imine (C=N–C) groups is 1. The summed E-state index contributed by atoms with van der Waals surface area (Å²) in [5.41, 5.74) is 1.15. The van der Waals surface area contributed by atoms with Gasteiger partial charge in [0, 0.05) is 41.0 Å². The highest BCUT2D eigenvalue weighted by Gasteiger charge is 2.10. The standard InChI is InChI=1S/C15H25N3O2/c1-16-15(17-10-7-11-19-2)18-12-14(20-3)13-8-5-4-6-9-13/h4-6,8-9,14H,7,10-12H2,1-3H3,(H2,16,17,18). The van der Waals surface area contributed by atoms with E-state index in [2.05, 4.69) is 27.8 Å². The minimum absolute atomic E-state index is 0.00808. The van der Waals surface area contributed by atoms with E-state index in [-0.39, 0.29) is 6.10 Å². The summed E-state index contributed by atoms with van der Waals surface area (Å²) in [6.07, 6.45) is 0.956. The van der Waals surface area contributed by atoms with Gasteiger partial charge < -0.3 is 20.1 Å². The van der Waals surface area contributed by atoms with Gasteiger partial charge in [-0.05, 0) is 12.0 Å². The maximum atomic E-state index is 5.51. The van der Waals surface area contributed by atoms with Gasteiger partial charge in [0.1, 0.15) is 0 Å².